The molecular formula is C25H29F3N6O2. The van der Waals surface area contributed by atoms with E-state index in [-0.39, 0.29) is 5.69 Å². The molecule has 2 aromatic heterocycles. The van der Waals surface area contributed by atoms with Crippen LogP contribution in [-0.2, 0) is 12.7 Å². The smallest absolute Gasteiger partial charge is 0.433 e. The predicted octanol–water partition coefficient (Wildman–Crippen LogP) is 3.88. The van der Waals surface area contributed by atoms with Crippen LogP contribution in [0.1, 0.15) is 35.9 Å². The number of nitrogens with zero attached hydrogens (tertiary/aromatic N) is 5. The van der Waals surface area contributed by atoms with Gasteiger partial charge >= 0.3 is 6.18 Å². The van der Waals surface area contributed by atoms with E-state index in [4.69, 9.17) is 4.74 Å². The molecule has 36 heavy (non-hydrogen) atoms. The number of amides is 1. The number of ether oxygens (including phenoxy) is 1. The second-order valence-electron chi connectivity index (χ2n) is 9.34. The van der Waals surface area contributed by atoms with Crippen LogP contribution in [-0.4, -0.2) is 75.8 Å². The highest BCUT2D eigenvalue weighted by Gasteiger charge is 2.39. The molecule has 1 N–H and O–H groups in total. The van der Waals surface area contributed by atoms with Gasteiger partial charge in [-0.1, -0.05) is 13.0 Å². The average Bonchev–Trinajstić information content (AvgIpc) is 3.36. The first-order valence-electron chi connectivity index (χ1n) is 12.1. The fraction of sp³-hybridized carbons (Fsp3) is 0.480. The van der Waals surface area contributed by atoms with E-state index in [2.05, 4.69) is 32.1 Å². The second kappa shape index (κ2) is 9.70. The van der Waals surface area contributed by atoms with Crippen molar-refractivity contribution in [1.82, 2.24) is 24.6 Å². The third-order valence-electron chi connectivity index (χ3n) is 7.14. The minimum Gasteiger partial charge on any atom is -0.494 e. The van der Waals surface area contributed by atoms with Crippen molar-refractivity contribution in [3.05, 3.63) is 47.9 Å². The molecule has 2 bridgehead atoms. The van der Waals surface area contributed by atoms with Crippen molar-refractivity contribution in [3.63, 3.8) is 0 Å². The number of likely N-dealkylation sites (tertiary alicyclic amines) is 1. The molecule has 1 aromatic carbocycles. The van der Waals surface area contributed by atoms with Crippen molar-refractivity contribution < 1.29 is 22.7 Å². The van der Waals surface area contributed by atoms with Crippen LogP contribution in [0.2, 0.25) is 0 Å². The van der Waals surface area contributed by atoms with Crippen LogP contribution < -0.4 is 10.1 Å². The Morgan fingerprint density at radius 3 is 2.58 bits per heavy atom. The summed E-state index contributed by atoms with van der Waals surface area (Å²) in [5, 5.41) is 8.09. The van der Waals surface area contributed by atoms with Crippen LogP contribution in [0.5, 0.6) is 5.75 Å². The molecule has 5 rings (SSSR count). The zero-order chi connectivity index (χ0) is 25.4. The first-order chi connectivity index (χ1) is 17.2. The standard InChI is InChI=1S/C25H29F3N6O2/c1-3-32-14-17-7-8-18(15-32)34(17)10-9-33-13-16-11-21(22(36-2)12-20(16)31-33)30-24(35)19-5-4-6-23(29-19)25(26,27)28/h4-6,11-13,17-18H,3,7-10,14-15H2,1-2H3,(H,30,35). The van der Waals surface area contributed by atoms with Crippen LogP contribution in [0.15, 0.2) is 36.5 Å². The maximum Gasteiger partial charge on any atom is 0.433 e. The molecule has 4 heterocycles. The lowest BCUT2D eigenvalue weighted by molar-refractivity contribution is -0.141. The number of nitrogens with one attached hydrogen (secondary N) is 1. The minimum atomic E-state index is -4.63. The van der Waals surface area contributed by atoms with Gasteiger partial charge in [0.2, 0.25) is 0 Å². The number of halogens is 3. The van der Waals surface area contributed by atoms with Gasteiger partial charge in [-0.2, -0.15) is 18.3 Å². The zero-order valence-electron chi connectivity index (χ0n) is 20.3. The van der Waals surface area contributed by atoms with E-state index >= 15 is 0 Å². The Kier molecular flexibility index (Phi) is 6.60. The summed E-state index contributed by atoms with van der Waals surface area (Å²) in [4.78, 5) is 21.3. The molecule has 2 atom stereocenters. The van der Waals surface area contributed by atoms with Gasteiger partial charge in [-0.15, -0.1) is 0 Å². The summed E-state index contributed by atoms with van der Waals surface area (Å²) in [6.07, 6.45) is -0.242. The van der Waals surface area contributed by atoms with Gasteiger partial charge in [-0.3, -0.25) is 14.4 Å². The highest BCUT2D eigenvalue weighted by atomic mass is 19.4. The SMILES string of the molecule is CCN1CC2CCC(C1)N2CCn1cc2cc(NC(=O)c3cccc(C(F)(F)F)n3)c(OC)cc2n1. The molecule has 0 radical (unpaired) electrons. The number of aromatic nitrogens is 3. The van der Waals surface area contributed by atoms with E-state index in [9.17, 15) is 18.0 Å². The summed E-state index contributed by atoms with van der Waals surface area (Å²) >= 11 is 0. The van der Waals surface area contributed by atoms with Crippen LogP contribution >= 0.6 is 0 Å². The van der Waals surface area contributed by atoms with Crippen molar-refractivity contribution in [1.29, 1.82) is 0 Å². The third kappa shape index (κ3) is 4.90. The molecule has 2 saturated heterocycles. The Morgan fingerprint density at radius 2 is 1.92 bits per heavy atom. The van der Waals surface area contributed by atoms with E-state index in [1.54, 1.807) is 12.1 Å². The molecule has 2 aliphatic heterocycles. The van der Waals surface area contributed by atoms with Gasteiger partial charge in [0.05, 0.1) is 24.9 Å². The number of alkyl halides is 3. The largest absolute Gasteiger partial charge is 0.494 e. The number of hydrogen-bond acceptors (Lipinski definition) is 6. The number of methoxy groups -OCH3 is 1. The fourth-order valence-corrected chi connectivity index (χ4v) is 5.31. The molecular weight excluding hydrogens is 473 g/mol. The van der Waals surface area contributed by atoms with Crippen molar-refractivity contribution in [2.24, 2.45) is 0 Å². The maximum absolute atomic E-state index is 13.0. The van der Waals surface area contributed by atoms with Gasteiger partial charge in [0.25, 0.3) is 5.91 Å². The van der Waals surface area contributed by atoms with Crippen LogP contribution in [0, 0.1) is 0 Å². The lowest BCUT2D eigenvalue weighted by atomic mass is 10.2. The highest BCUT2D eigenvalue weighted by Crippen LogP contribution is 2.32. The number of fused-ring (bicyclic) bond motifs is 3. The lowest BCUT2D eigenvalue weighted by Gasteiger charge is -2.40. The maximum atomic E-state index is 13.0. The average molecular weight is 503 g/mol. The van der Waals surface area contributed by atoms with E-state index in [1.165, 1.54) is 26.0 Å². The monoisotopic (exact) mass is 502 g/mol. The fourth-order valence-electron chi connectivity index (χ4n) is 5.31. The second-order valence-corrected chi connectivity index (χ2v) is 9.34. The number of rotatable bonds is 7. The number of hydrogen-bond donors (Lipinski definition) is 1. The molecule has 2 unspecified atom stereocenters. The Labute approximate surface area is 207 Å². The van der Waals surface area contributed by atoms with E-state index in [0.717, 1.165) is 50.2 Å². The first kappa shape index (κ1) is 24.5. The lowest BCUT2D eigenvalue weighted by Crippen LogP contribution is -2.54. The number of piperazine rings is 1. The quantitative estimate of drug-likeness (QED) is 0.529. The van der Waals surface area contributed by atoms with E-state index in [1.807, 2.05) is 10.9 Å². The first-order valence-corrected chi connectivity index (χ1v) is 12.1. The zero-order valence-corrected chi connectivity index (χ0v) is 20.3. The summed E-state index contributed by atoms with van der Waals surface area (Å²) in [5.74, 6) is -0.394. The van der Waals surface area contributed by atoms with Gasteiger partial charge in [0.15, 0.2) is 0 Å². The summed E-state index contributed by atoms with van der Waals surface area (Å²) < 4.78 is 46.3. The Morgan fingerprint density at radius 1 is 1.17 bits per heavy atom. The minimum absolute atomic E-state index is 0.333. The Hall–Kier alpha value is -3.18. The van der Waals surface area contributed by atoms with Gasteiger partial charge < -0.3 is 15.0 Å². The van der Waals surface area contributed by atoms with Crippen molar-refractivity contribution in [2.45, 2.75) is 44.6 Å². The van der Waals surface area contributed by atoms with Crippen LogP contribution in [0.4, 0.5) is 18.9 Å². The number of anilines is 1. The molecule has 11 heteroatoms. The van der Waals surface area contributed by atoms with Crippen LogP contribution in [0.25, 0.3) is 10.9 Å². The van der Waals surface area contributed by atoms with Crippen molar-refractivity contribution >= 4 is 22.5 Å². The highest BCUT2D eigenvalue weighted by molar-refractivity contribution is 6.05. The normalized spacial score (nSPS) is 20.7. The molecule has 0 saturated carbocycles. The topological polar surface area (TPSA) is 75.5 Å². The molecule has 8 nitrogen and oxygen atoms in total. The number of likely N-dealkylation sites (N-methyl/N-ethyl adjacent to an activating group) is 1. The van der Waals surface area contributed by atoms with Crippen LogP contribution in [0.3, 0.4) is 0 Å². The summed E-state index contributed by atoms with van der Waals surface area (Å²) in [5.41, 5.74) is -0.410. The van der Waals surface area contributed by atoms with E-state index in [0.29, 0.717) is 29.0 Å². The molecule has 2 fully saturated rings. The predicted molar refractivity (Wildman–Crippen MR) is 129 cm³/mol. The molecule has 192 valence electrons. The summed E-state index contributed by atoms with van der Waals surface area (Å²) in [6.45, 7) is 7.21. The van der Waals surface area contributed by atoms with Crippen molar-refractivity contribution in [3.8, 4) is 5.75 Å². The molecule has 0 aliphatic carbocycles. The Bertz CT molecular complexity index is 1250. The third-order valence-corrected chi connectivity index (χ3v) is 7.14. The summed E-state index contributed by atoms with van der Waals surface area (Å²) in [6, 6.07) is 7.84. The molecule has 2 aliphatic rings. The number of carbonyl (C=O) groups excluding carboxylic acids is 1. The number of benzene rings is 1. The van der Waals surface area contributed by atoms with Gasteiger partial charge in [0, 0.05) is 49.4 Å². The van der Waals surface area contributed by atoms with Gasteiger partial charge in [-0.05, 0) is 37.6 Å². The molecule has 1 amide bonds. The number of carbonyl (C=O) groups is 1. The van der Waals surface area contributed by atoms with Crippen molar-refractivity contribution in [2.75, 3.05) is 38.6 Å². The van der Waals surface area contributed by atoms with Gasteiger partial charge in [-0.25, -0.2) is 4.98 Å². The molecule has 0 spiro atoms. The Balaban J connectivity index is 1.31. The molecule has 3 aromatic rings. The van der Waals surface area contributed by atoms with E-state index < -0.39 is 17.8 Å². The number of pyridine rings is 1. The van der Waals surface area contributed by atoms with Gasteiger partial charge in [0.1, 0.15) is 17.1 Å². The summed E-state index contributed by atoms with van der Waals surface area (Å²) in [7, 11) is 1.46.